The number of esters is 1. The Morgan fingerprint density at radius 2 is 1.94 bits per heavy atom. The van der Waals surface area contributed by atoms with Gasteiger partial charge in [0.05, 0.1) is 22.7 Å². The third-order valence-electron chi connectivity index (χ3n) is 6.31. The summed E-state index contributed by atoms with van der Waals surface area (Å²) >= 11 is 6.41. The van der Waals surface area contributed by atoms with Crippen molar-refractivity contribution in [3.8, 4) is 11.1 Å². The van der Waals surface area contributed by atoms with Crippen molar-refractivity contribution in [1.82, 2.24) is 15.2 Å². The van der Waals surface area contributed by atoms with E-state index in [1.165, 1.54) is 0 Å². The van der Waals surface area contributed by atoms with Gasteiger partial charge in [0, 0.05) is 36.8 Å². The fourth-order valence-electron chi connectivity index (χ4n) is 4.59. The van der Waals surface area contributed by atoms with Gasteiger partial charge in [-0.2, -0.15) is 0 Å². The van der Waals surface area contributed by atoms with Crippen LogP contribution in [0.25, 0.3) is 11.1 Å². The first-order valence-electron chi connectivity index (χ1n) is 11.1. The van der Waals surface area contributed by atoms with Crippen LogP contribution in [-0.4, -0.2) is 47.3 Å². The van der Waals surface area contributed by atoms with Crippen molar-refractivity contribution >= 4 is 29.4 Å². The van der Waals surface area contributed by atoms with Crippen LogP contribution in [0.3, 0.4) is 0 Å². The molecule has 2 amide bonds. The fraction of sp³-hybridized carbons (Fsp3) is 0.231. The first-order chi connectivity index (χ1) is 16.4. The van der Waals surface area contributed by atoms with Crippen LogP contribution in [0.4, 0.5) is 0 Å². The summed E-state index contributed by atoms with van der Waals surface area (Å²) in [5, 5.41) is 3.05. The van der Waals surface area contributed by atoms with Crippen LogP contribution in [0, 0.1) is 0 Å². The van der Waals surface area contributed by atoms with Gasteiger partial charge in [0.2, 0.25) is 0 Å². The number of amides is 2. The number of hydrogen-bond acceptors (Lipinski definition) is 5. The van der Waals surface area contributed by atoms with E-state index in [0.717, 1.165) is 16.7 Å². The summed E-state index contributed by atoms with van der Waals surface area (Å²) in [5.74, 6) is -0.817. The lowest BCUT2D eigenvalue weighted by molar-refractivity contribution is -0.00306. The smallest absolute Gasteiger partial charge is 0.339 e. The molecule has 34 heavy (non-hydrogen) atoms. The predicted molar refractivity (Wildman–Crippen MR) is 127 cm³/mol. The summed E-state index contributed by atoms with van der Waals surface area (Å²) in [6.45, 7) is 3.09. The van der Waals surface area contributed by atoms with Gasteiger partial charge >= 0.3 is 5.97 Å². The lowest BCUT2D eigenvalue weighted by Gasteiger charge is -2.24. The highest BCUT2D eigenvalue weighted by Gasteiger charge is 2.51. The molecule has 1 N–H and O–H groups in total. The zero-order valence-electron chi connectivity index (χ0n) is 18.5. The van der Waals surface area contributed by atoms with Crippen molar-refractivity contribution in [3.63, 3.8) is 0 Å². The van der Waals surface area contributed by atoms with Crippen LogP contribution in [0.5, 0.6) is 0 Å². The minimum Gasteiger partial charge on any atom is -0.449 e. The van der Waals surface area contributed by atoms with Gasteiger partial charge in [0.1, 0.15) is 5.69 Å². The molecule has 2 aromatic carbocycles. The number of nitrogens with zero attached hydrogens (tertiary/aromatic N) is 2. The second kappa shape index (κ2) is 8.57. The average Bonchev–Trinajstić information content (AvgIpc) is 3.40. The van der Waals surface area contributed by atoms with E-state index in [4.69, 9.17) is 16.3 Å². The molecule has 8 heteroatoms. The number of aromatic nitrogens is 1. The number of hydrogen-bond donors (Lipinski definition) is 1. The van der Waals surface area contributed by atoms with E-state index < -0.39 is 5.60 Å². The molecule has 2 aliphatic heterocycles. The second-order valence-corrected chi connectivity index (χ2v) is 8.80. The maximum absolute atomic E-state index is 13.4. The van der Waals surface area contributed by atoms with Gasteiger partial charge in [0.25, 0.3) is 11.8 Å². The molecule has 0 aliphatic carbocycles. The van der Waals surface area contributed by atoms with Gasteiger partial charge in [-0.25, -0.2) is 4.79 Å². The van der Waals surface area contributed by atoms with Crippen molar-refractivity contribution in [1.29, 1.82) is 0 Å². The van der Waals surface area contributed by atoms with E-state index in [1.54, 1.807) is 47.5 Å². The molecule has 1 fully saturated rings. The molecule has 1 saturated heterocycles. The number of fused-ring (bicyclic) bond motifs is 2. The molecule has 7 nitrogen and oxygen atoms in total. The fourth-order valence-corrected chi connectivity index (χ4v) is 4.79. The van der Waals surface area contributed by atoms with E-state index in [1.807, 2.05) is 25.1 Å². The maximum atomic E-state index is 13.4. The van der Waals surface area contributed by atoms with Crippen molar-refractivity contribution in [2.24, 2.45) is 0 Å². The predicted octanol–water partition coefficient (Wildman–Crippen LogP) is 4.06. The Bertz CT molecular complexity index is 1310. The minimum atomic E-state index is -0.813. The standard InChI is InChI=1S/C26H22ClN3O4/c1-2-28-23(31)22-10-8-17(14-29-22)16-7-9-21(27)19(13-16)24(32)30-12-11-26(15-30)20-6-4-3-5-18(20)25(33)34-26/h3-10,13-14H,2,11-12,15H2,1H3,(H,28,31)/t26-/m0/s1. The van der Waals surface area contributed by atoms with Crippen molar-refractivity contribution in [3.05, 3.63) is 88.2 Å². The zero-order valence-corrected chi connectivity index (χ0v) is 19.3. The number of nitrogens with one attached hydrogen (secondary N) is 1. The molecule has 0 saturated carbocycles. The topological polar surface area (TPSA) is 88.6 Å². The second-order valence-electron chi connectivity index (χ2n) is 8.39. The van der Waals surface area contributed by atoms with Gasteiger partial charge in [-0.1, -0.05) is 41.9 Å². The Balaban J connectivity index is 1.39. The third kappa shape index (κ3) is 3.72. The molecular weight excluding hydrogens is 454 g/mol. The van der Waals surface area contributed by atoms with E-state index in [9.17, 15) is 14.4 Å². The number of carbonyl (C=O) groups is 3. The molecule has 172 valence electrons. The van der Waals surface area contributed by atoms with E-state index >= 15 is 0 Å². The Hall–Kier alpha value is -3.71. The number of halogens is 1. The molecule has 3 heterocycles. The van der Waals surface area contributed by atoms with Crippen LogP contribution in [-0.2, 0) is 10.3 Å². The lowest BCUT2D eigenvalue weighted by Crippen LogP contribution is -2.34. The number of pyridine rings is 1. The highest BCUT2D eigenvalue weighted by atomic mass is 35.5. The Morgan fingerprint density at radius 1 is 1.15 bits per heavy atom. The van der Waals surface area contributed by atoms with Gasteiger partial charge in [0.15, 0.2) is 5.60 Å². The molecule has 1 atom stereocenters. The molecule has 2 aliphatic rings. The number of rotatable bonds is 4. The first kappa shape index (κ1) is 22.1. The summed E-state index contributed by atoms with van der Waals surface area (Å²) in [4.78, 5) is 43.7. The van der Waals surface area contributed by atoms with Crippen molar-refractivity contribution in [2.45, 2.75) is 18.9 Å². The van der Waals surface area contributed by atoms with Crippen LogP contribution >= 0.6 is 11.6 Å². The first-order valence-corrected chi connectivity index (χ1v) is 11.5. The molecule has 0 unspecified atom stereocenters. The summed E-state index contributed by atoms with van der Waals surface area (Å²) in [7, 11) is 0. The maximum Gasteiger partial charge on any atom is 0.339 e. The molecular formula is C26H22ClN3O4. The van der Waals surface area contributed by atoms with Crippen LogP contribution in [0.15, 0.2) is 60.8 Å². The molecule has 0 bridgehead atoms. The monoisotopic (exact) mass is 475 g/mol. The highest BCUT2D eigenvalue weighted by Crippen LogP contribution is 2.43. The molecule has 5 rings (SSSR count). The molecule has 1 aromatic heterocycles. The summed E-state index contributed by atoms with van der Waals surface area (Å²) in [6.07, 6.45) is 2.13. The molecule has 1 spiro atoms. The largest absolute Gasteiger partial charge is 0.449 e. The number of benzene rings is 2. The van der Waals surface area contributed by atoms with E-state index in [2.05, 4.69) is 10.3 Å². The Kier molecular flexibility index (Phi) is 5.57. The molecule has 0 radical (unpaired) electrons. The van der Waals surface area contributed by atoms with Crippen molar-refractivity contribution in [2.75, 3.05) is 19.6 Å². The third-order valence-corrected chi connectivity index (χ3v) is 6.64. The number of ether oxygens (including phenoxy) is 1. The van der Waals surface area contributed by atoms with Gasteiger partial charge in [-0.3, -0.25) is 14.6 Å². The lowest BCUT2D eigenvalue weighted by atomic mass is 9.91. The highest BCUT2D eigenvalue weighted by molar-refractivity contribution is 6.34. The van der Waals surface area contributed by atoms with E-state index in [0.29, 0.717) is 41.4 Å². The SMILES string of the molecule is CCNC(=O)c1ccc(-c2ccc(Cl)c(C(=O)N3CC[C@@]4(C3)OC(=O)c3ccccc34)c2)cn1. The van der Waals surface area contributed by atoms with Crippen LogP contribution in [0.2, 0.25) is 5.02 Å². The Morgan fingerprint density at radius 3 is 2.71 bits per heavy atom. The number of likely N-dealkylation sites (tertiary alicyclic amines) is 1. The zero-order chi connectivity index (χ0) is 23.9. The van der Waals surface area contributed by atoms with Gasteiger partial charge in [-0.05, 0) is 36.8 Å². The quantitative estimate of drug-likeness (QED) is 0.575. The van der Waals surface area contributed by atoms with Gasteiger partial charge in [-0.15, -0.1) is 0 Å². The molecule has 3 aromatic rings. The minimum absolute atomic E-state index is 0.226. The Labute approximate surface area is 201 Å². The normalized spacial score (nSPS) is 18.6. The summed E-state index contributed by atoms with van der Waals surface area (Å²) in [5.41, 5.74) is 2.77. The van der Waals surface area contributed by atoms with Crippen molar-refractivity contribution < 1.29 is 19.1 Å². The number of carbonyl (C=O) groups excluding carboxylic acids is 3. The average molecular weight is 476 g/mol. The van der Waals surface area contributed by atoms with Crippen LogP contribution < -0.4 is 5.32 Å². The summed E-state index contributed by atoms with van der Waals surface area (Å²) in [6, 6.07) is 16.0. The van der Waals surface area contributed by atoms with Crippen LogP contribution in [0.1, 0.15) is 50.1 Å². The van der Waals surface area contributed by atoms with Gasteiger partial charge < -0.3 is 15.0 Å². The summed E-state index contributed by atoms with van der Waals surface area (Å²) < 4.78 is 5.76. The van der Waals surface area contributed by atoms with E-state index in [-0.39, 0.29) is 24.3 Å².